The minimum Gasteiger partial charge on any atom is -0.364 e. The third-order valence-corrected chi connectivity index (χ3v) is 6.66. The molecule has 0 aliphatic heterocycles. The molecule has 0 fully saturated rings. The van der Waals surface area contributed by atoms with E-state index in [0.29, 0.717) is 11.0 Å². The van der Waals surface area contributed by atoms with Crippen molar-refractivity contribution >= 4 is 56.3 Å². The summed E-state index contributed by atoms with van der Waals surface area (Å²) < 4.78 is 0.799. The predicted molar refractivity (Wildman–Crippen MR) is 120 cm³/mol. The third kappa shape index (κ3) is 5.43. The molecule has 1 atom stereocenters. The molecule has 4 nitrogen and oxygen atoms in total. The van der Waals surface area contributed by atoms with Gasteiger partial charge in [0.05, 0.1) is 10.4 Å². The Morgan fingerprint density at radius 2 is 2.19 bits per heavy atom. The highest BCUT2D eigenvalue weighted by Gasteiger charge is 2.19. The zero-order valence-electron chi connectivity index (χ0n) is 15.8. The Labute approximate surface area is 173 Å². The maximum atomic E-state index is 11.8. The monoisotopic (exact) mass is 421 g/mol. The Morgan fingerprint density at radius 3 is 2.78 bits per heavy atom. The van der Waals surface area contributed by atoms with Gasteiger partial charge in [0, 0.05) is 15.3 Å². The summed E-state index contributed by atoms with van der Waals surface area (Å²) >= 11 is 9.33. The molecule has 0 bridgehead atoms. The SMILES string of the molecule is C=C/C(Cl)=C\C=C(/C)c1cc2c(CC(CC)CSC)nnc(C(N)=O)c2s1. The molecule has 2 heterocycles. The number of nitrogens with zero attached hydrogens (tertiary/aromatic N) is 2. The molecule has 1 unspecified atom stereocenters. The fourth-order valence-electron chi connectivity index (χ4n) is 2.68. The van der Waals surface area contributed by atoms with Gasteiger partial charge in [-0.25, -0.2) is 0 Å². The van der Waals surface area contributed by atoms with E-state index in [-0.39, 0.29) is 5.69 Å². The first-order valence-corrected chi connectivity index (χ1v) is 11.2. The van der Waals surface area contributed by atoms with E-state index < -0.39 is 5.91 Å². The standard InChI is InChI=1S/C20H24ClN3OS2/c1-5-13(11-26-4)9-16-15-10-17(12(3)7-8-14(21)6-2)27-19(15)18(20(22)25)24-23-16/h6-8,10,13H,2,5,9,11H2,1,3-4H3,(H2,22,25)/b12-7+,14-8+. The van der Waals surface area contributed by atoms with E-state index in [9.17, 15) is 4.79 Å². The first kappa shape index (κ1) is 21.7. The van der Waals surface area contributed by atoms with Crippen molar-refractivity contribution in [2.45, 2.75) is 26.7 Å². The number of rotatable bonds is 9. The molecule has 2 N–H and O–H groups in total. The summed E-state index contributed by atoms with van der Waals surface area (Å²) in [6.45, 7) is 7.83. The zero-order valence-corrected chi connectivity index (χ0v) is 18.2. The topological polar surface area (TPSA) is 68.9 Å². The molecule has 0 radical (unpaired) electrons. The van der Waals surface area contributed by atoms with Gasteiger partial charge in [-0.05, 0) is 49.0 Å². The molecular weight excluding hydrogens is 398 g/mol. The molecule has 7 heteroatoms. The molecule has 0 spiro atoms. The summed E-state index contributed by atoms with van der Waals surface area (Å²) in [4.78, 5) is 12.8. The Morgan fingerprint density at radius 1 is 1.44 bits per heavy atom. The summed E-state index contributed by atoms with van der Waals surface area (Å²) in [5.74, 6) is 1.03. The quantitative estimate of drug-likeness (QED) is 0.547. The number of aromatic nitrogens is 2. The van der Waals surface area contributed by atoms with Crippen molar-refractivity contribution in [3.63, 3.8) is 0 Å². The van der Waals surface area contributed by atoms with E-state index in [1.165, 1.54) is 11.3 Å². The van der Waals surface area contributed by atoms with Crippen LogP contribution in [-0.2, 0) is 6.42 Å². The summed E-state index contributed by atoms with van der Waals surface area (Å²) in [6.07, 6.45) is 9.33. The van der Waals surface area contributed by atoms with Crippen LogP contribution in [-0.4, -0.2) is 28.1 Å². The molecule has 144 valence electrons. The molecule has 27 heavy (non-hydrogen) atoms. The number of hydrogen-bond acceptors (Lipinski definition) is 5. The number of carbonyl (C=O) groups is 1. The molecule has 0 aliphatic rings. The first-order valence-electron chi connectivity index (χ1n) is 8.65. The number of thioether (sulfide) groups is 1. The maximum Gasteiger partial charge on any atom is 0.270 e. The molecule has 0 saturated heterocycles. The number of hydrogen-bond donors (Lipinski definition) is 1. The van der Waals surface area contributed by atoms with Gasteiger partial charge in [-0.15, -0.1) is 16.4 Å². The van der Waals surface area contributed by atoms with Crippen molar-refractivity contribution in [3.05, 3.63) is 52.2 Å². The van der Waals surface area contributed by atoms with E-state index in [4.69, 9.17) is 17.3 Å². The number of thiophene rings is 1. The zero-order chi connectivity index (χ0) is 20.0. The van der Waals surface area contributed by atoms with Crippen molar-refractivity contribution in [1.29, 1.82) is 0 Å². The van der Waals surface area contributed by atoms with Crippen molar-refractivity contribution in [2.75, 3.05) is 12.0 Å². The van der Waals surface area contributed by atoms with E-state index in [2.05, 4.69) is 36.0 Å². The van der Waals surface area contributed by atoms with Crippen LogP contribution in [0.25, 0.3) is 15.7 Å². The molecule has 0 aliphatic carbocycles. The van der Waals surface area contributed by atoms with Crippen LogP contribution in [0.2, 0.25) is 0 Å². The number of nitrogens with two attached hydrogens (primary N) is 1. The molecule has 2 aromatic heterocycles. The highest BCUT2D eigenvalue weighted by atomic mass is 35.5. The highest BCUT2D eigenvalue weighted by Crippen LogP contribution is 2.34. The van der Waals surface area contributed by atoms with Gasteiger partial charge in [0.15, 0.2) is 5.69 Å². The summed E-state index contributed by atoms with van der Waals surface area (Å²) in [7, 11) is 0. The van der Waals surface area contributed by atoms with Crippen LogP contribution in [0.3, 0.4) is 0 Å². The van der Waals surface area contributed by atoms with Gasteiger partial charge in [-0.1, -0.05) is 43.7 Å². The molecule has 2 rings (SSSR count). The van der Waals surface area contributed by atoms with Crippen LogP contribution in [0.5, 0.6) is 0 Å². The number of allylic oxidation sites excluding steroid dienone is 5. The summed E-state index contributed by atoms with van der Waals surface area (Å²) in [5, 5.41) is 10.00. The highest BCUT2D eigenvalue weighted by molar-refractivity contribution is 7.98. The van der Waals surface area contributed by atoms with Crippen molar-refractivity contribution in [3.8, 4) is 0 Å². The molecule has 0 aromatic carbocycles. The van der Waals surface area contributed by atoms with E-state index in [1.807, 2.05) is 24.8 Å². The average molecular weight is 422 g/mol. The van der Waals surface area contributed by atoms with Gasteiger partial charge in [0.2, 0.25) is 0 Å². The van der Waals surface area contributed by atoms with Crippen molar-refractivity contribution in [2.24, 2.45) is 11.7 Å². The lowest BCUT2D eigenvalue weighted by Crippen LogP contribution is -2.16. The fourth-order valence-corrected chi connectivity index (χ4v) is 4.72. The van der Waals surface area contributed by atoms with Gasteiger partial charge in [0.1, 0.15) is 0 Å². The van der Waals surface area contributed by atoms with Crippen LogP contribution in [0.1, 0.15) is 41.3 Å². The number of primary amides is 1. The first-order chi connectivity index (χ1) is 12.9. The Bertz CT molecular complexity index is 902. The van der Waals surface area contributed by atoms with E-state index >= 15 is 0 Å². The van der Waals surface area contributed by atoms with E-state index in [0.717, 1.165) is 44.8 Å². The van der Waals surface area contributed by atoms with Crippen LogP contribution < -0.4 is 5.73 Å². The Kier molecular flexibility index (Phi) is 8.07. The van der Waals surface area contributed by atoms with Gasteiger partial charge in [0.25, 0.3) is 5.91 Å². The smallest absolute Gasteiger partial charge is 0.270 e. The minimum atomic E-state index is -0.556. The van der Waals surface area contributed by atoms with Gasteiger partial charge in [-0.3, -0.25) is 4.79 Å². The van der Waals surface area contributed by atoms with Crippen LogP contribution in [0.15, 0.2) is 35.9 Å². The van der Waals surface area contributed by atoms with Gasteiger partial charge in [-0.2, -0.15) is 16.9 Å². The lowest BCUT2D eigenvalue weighted by atomic mass is 10.00. The van der Waals surface area contributed by atoms with Crippen molar-refractivity contribution < 1.29 is 4.79 Å². The molecule has 2 aromatic rings. The minimum absolute atomic E-state index is 0.232. The Balaban J connectivity index is 2.54. The fraction of sp³-hybridized carbons (Fsp3) is 0.350. The van der Waals surface area contributed by atoms with E-state index in [1.54, 1.807) is 12.2 Å². The van der Waals surface area contributed by atoms with Crippen LogP contribution >= 0.6 is 34.7 Å². The van der Waals surface area contributed by atoms with Crippen LogP contribution in [0, 0.1) is 5.92 Å². The molecular formula is C20H24ClN3OS2. The lowest BCUT2D eigenvalue weighted by Gasteiger charge is -2.13. The maximum absolute atomic E-state index is 11.8. The number of amides is 1. The number of fused-ring (bicyclic) bond motifs is 1. The summed E-state index contributed by atoms with van der Waals surface area (Å²) in [5.41, 5.74) is 7.71. The second-order valence-corrected chi connectivity index (χ2v) is 8.65. The number of halogens is 1. The second kappa shape index (κ2) is 10.1. The summed E-state index contributed by atoms with van der Waals surface area (Å²) in [6, 6.07) is 2.07. The average Bonchev–Trinajstić information content (AvgIpc) is 3.10. The van der Waals surface area contributed by atoms with Gasteiger partial charge < -0.3 is 5.73 Å². The lowest BCUT2D eigenvalue weighted by molar-refractivity contribution is 0.0996. The predicted octanol–water partition coefficient (Wildman–Crippen LogP) is 5.43. The second-order valence-electron chi connectivity index (χ2n) is 6.25. The van der Waals surface area contributed by atoms with Crippen LogP contribution in [0.4, 0.5) is 0 Å². The Hall–Kier alpha value is -1.63. The molecule has 0 saturated carbocycles. The van der Waals surface area contributed by atoms with Gasteiger partial charge >= 0.3 is 0 Å². The largest absolute Gasteiger partial charge is 0.364 e. The van der Waals surface area contributed by atoms with Crippen molar-refractivity contribution in [1.82, 2.24) is 10.2 Å². The number of carbonyl (C=O) groups excluding carboxylic acids is 1. The normalized spacial score (nSPS) is 13.8. The molecule has 1 amide bonds. The third-order valence-electron chi connectivity index (χ3n) is 4.30.